The quantitative estimate of drug-likeness (QED) is 0.639. The van der Waals surface area contributed by atoms with Crippen LogP contribution in [0.3, 0.4) is 0 Å². The van der Waals surface area contributed by atoms with Gasteiger partial charge >= 0.3 is 5.97 Å². The third-order valence-electron chi connectivity index (χ3n) is 1.53. The molecule has 0 aromatic carbocycles. The summed E-state index contributed by atoms with van der Waals surface area (Å²) in [5.74, 6) is -1.05. The Morgan fingerprint density at radius 3 is 2.92 bits per heavy atom. The first-order valence-corrected chi connectivity index (χ1v) is 4.10. The molecule has 0 saturated heterocycles. The van der Waals surface area contributed by atoms with Crippen LogP contribution in [0.25, 0.3) is 0 Å². The molecular weight excluding hydrogens is 170 g/mol. The van der Waals surface area contributed by atoms with E-state index >= 15 is 0 Å². The molecule has 1 aromatic heterocycles. The molecule has 5 heteroatoms. The maximum absolute atomic E-state index is 10.4. The highest BCUT2D eigenvalue weighted by Crippen LogP contribution is 1.97. The Morgan fingerprint density at radius 2 is 2.46 bits per heavy atom. The molecule has 0 atom stereocenters. The zero-order valence-electron chi connectivity index (χ0n) is 7.66. The molecule has 3 N–H and O–H groups in total. The van der Waals surface area contributed by atoms with Crippen LogP contribution in [-0.4, -0.2) is 27.1 Å². The summed E-state index contributed by atoms with van der Waals surface area (Å²) in [6, 6.07) is 0.372. The number of aromatic nitrogens is 2. The van der Waals surface area contributed by atoms with Crippen LogP contribution in [-0.2, 0) is 6.54 Å². The molecule has 5 nitrogen and oxygen atoms in total. The van der Waals surface area contributed by atoms with Gasteiger partial charge in [0.2, 0.25) is 5.82 Å². The minimum atomic E-state index is -1.03. The van der Waals surface area contributed by atoms with E-state index in [9.17, 15) is 4.79 Å². The van der Waals surface area contributed by atoms with Crippen molar-refractivity contribution in [1.29, 1.82) is 0 Å². The molecule has 0 spiro atoms. The van der Waals surface area contributed by atoms with Crippen LogP contribution in [0.15, 0.2) is 6.20 Å². The van der Waals surface area contributed by atoms with Crippen molar-refractivity contribution in [1.82, 2.24) is 15.3 Å². The first kappa shape index (κ1) is 9.73. The molecule has 0 aliphatic carbocycles. The molecule has 72 valence electrons. The van der Waals surface area contributed by atoms with Gasteiger partial charge in [-0.1, -0.05) is 13.8 Å². The first-order chi connectivity index (χ1) is 6.09. The summed E-state index contributed by atoms with van der Waals surface area (Å²) < 4.78 is 0. The molecule has 0 aliphatic rings. The highest BCUT2D eigenvalue weighted by molar-refractivity contribution is 5.83. The molecule has 1 heterocycles. The summed E-state index contributed by atoms with van der Waals surface area (Å²) in [6.45, 7) is 4.65. The monoisotopic (exact) mass is 183 g/mol. The second-order valence-electron chi connectivity index (χ2n) is 3.10. The van der Waals surface area contributed by atoms with Gasteiger partial charge in [-0.25, -0.2) is 9.78 Å². The maximum atomic E-state index is 10.4. The number of imidazole rings is 1. The summed E-state index contributed by atoms with van der Waals surface area (Å²) in [6.07, 6.45) is 1.53. The Hall–Kier alpha value is -1.36. The van der Waals surface area contributed by atoms with Gasteiger partial charge in [0, 0.05) is 18.3 Å². The number of aromatic carboxylic acids is 1. The molecule has 13 heavy (non-hydrogen) atoms. The lowest BCUT2D eigenvalue weighted by Crippen LogP contribution is -2.22. The molecule has 0 amide bonds. The number of H-pyrrole nitrogens is 1. The topological polar surface area (TPSA) is 78.0 Å². The van der Waals surface area contributed by atoms with E-state index in [1.54, 1.807) is 0 Å². The number of nitrogens with zero attached hydrogens (tertiary/aromatic N) is 1. The number of nitrogens with one attached hydrogen (secondary N) is 2. The van der Waals surface area contributed by atoms with Crippen LogP contribution in [0.2, 0.25) is 0 Å². The van der Waals surface area contributed by atoms with Crippen molar-refractivity contribution in [3.8, 4) is 0 Å². The summed E-state index contributed by atoms with van der Waals surface area (Å²) >= 11 is 0. The van der Waals surface area contributed by atoms with Gasteiger partial charge in [-0.3, -0.25) is 0 Å². The van der Waals surface area contributed by atoms with Crippen LogP contribution in [0.1, 0.15) is 30.2 Å². The average molecular weight is 183 g/mol. The van der Waals surface area contributed by atoms with E-state index < -0.39 is 5.97 Å². The fourth-order valence-corrected chi connectivity index (χ4v) is 0.872. The van der Waals surface area contributed by atoms with E-state index in [1.165, 1.54) is 6.20 Å². The minimum absolute atomic E-state index is 0.0134. The van der Waals surface area contributed by atoms with Gasteiger partial charge in [0.05, 0.1) is 6.20 Å². The largest absolute Gasteiger partial charge is 0.475 e. The highest BCUT2D eigenvalue weighted by atomic mass is 16.4. The van der Waals surface area contributed by atoms with Crippen molar-refractivity contribution < 1.29 is 9.90 Å². The zero-order valence-corrected chi connectivity index (χ0v) is 7.66. The van der Waals surface area contributed by atoms with E-state index in [0.717, 1.165) is 5.69 Å². The van der Waals surface area contributed by atoms with Crippen LogP contribution >= 0.6 is 0 Å². The van der Waals surface area contributed by atoms with Gasteiger partial charge < -0.3 is 15.4 Å². The van der Waals surface area contributed by atoms with E-state index in [1.807, 2.05) is 13.8 Å². The van der Waals surface area contributed by atoms with Crippen molar-refractivity contribution >= 4 is 5.97 Å². The molecule has 0 unspecified atom stereocenters. The Kier molecular flexibility index (Phi) is 3.02. The smallest absolute Gasteiger partial charge is 0.371 e. The predicted octanol–water partition coefficient (Wildman–Crippen LogP) is 0.606. The molecule has 0 saturated carbocycles. The summed E-state index contributed by atoms with van der Waals surface area (Å²) in [7, 11) is 0. The Labute approximate surface area is 76.2 Å². The molecule has 1 rings (SSSR count). The lowest BCUT2D eigenvalue weighted by atomic mass is 10.4. The number of rotatable bonds is 4. The third kappa shape index (κ3) is 2.87. The number of carboxylic acids is 1. The Balaban J connectivity index is 2.54. The number of hydrogen-bond donors (Lipinski definition) is 3. The van der Waals surface area contributed by atoms with Gasteiger partial charge in [-0.05, 0) is 0 Å². The predicted molar refractivity (Wildman–Crippen MR) is 47.5 cm³/mol. The van der Waals surface area contributed by atoms with Crippen molar-refractivity contribution in [2.24, 2.45) is 0 Å². The van der Waals surface area contributed by atoms with E-state index in [-0.39, 0.29) is 5.82 Å². The van der Waals surface area contributed by atoms with Gasteiger partial charge in [0.15, 0.2) is 0 Å². The molecule has 0 bridgehead atoms. The summed E-state index contributed by atoms with van der Waals surface area (Å²) in [5.41, 5.74) is 0.783. The summed E-state index contributed by atoms with van der Waals surface area (Å²) in [4.78, 5) is 16.8. The molecule has 0 radical (unpaired) electrons. The third-order valence-corrected chi connectivity index (χ3v) is 1.53. The highest BCUT2D eigenvalue weighted by Gasteiger charge is 2.07. The van der Waals surface area contributed by atoms with Gasteiger partial charge in [0.1, 0.15) is 0 Å². The van der Waals surface area contributed by atoms with Crippen LogP contribution in [0.4, 0.5) is 0 Å². The zero-order chi connectivity index (χ0) is 9.84. The van der Waals surface area contributed by atoms with Crippen LogP contribution < -0.4 is 5.32 Å². The van der Waals surface area contributed by atoms with Crippen molar-refractivity contribution in [3.63, 3.8) is 0 Å². The number of hydrogen-bond acceptors (Lipinski definition) is 3. The molecule has 0 aliphatic heterocycles. The molecule has 0 fully saturated rings. The molecule has 1 aromatic rings. The number of aromatic amines is 1. The average Bonchev–Trinajstić information content (AvgIpc) is 2.48. The van der Waals surface area contributed by atoms with E-state index in [4.69, 9.17) is 5.11 Å². The lowest BCUT2D eigenvalue weighted by molar-refractivity contribution is 0.0684. The SMILES string of the molecule is CC(C)NCc1cnc(C(=O)O)[nH]1. The molecular formula is C8H13N3O2. The Bertz CT molecular complexity index is 293. The van der Waals surface area contributed by atoms with Gasteiger partial charge in [-0.2, -0.15) is 0 Å². The standard InChI is InChI=1S/C8H13N3O2/c1-5(2)9-3-6-4-10-7(11-6)8(12)13/h4-5,9H,3H2,1-2H3,(H,10,11)(H,12,13). The fraction of sp³-hybridized carbons (Fsp3) is 0.500. The first-order valence-electron chi connectivity index (χ1n) is 4.10. The Morgan fingerprint density at radius 1 is 1.77 bits per heavy atom. The second-order valence-corrected chi connectivity index (χ2v) is 3.10. The van der Waals surface area contributed by atoms with Gasteiger partial charge in [-0.15, -0.1) is 0 Å². The fourth-order valence-electron chi connectivity index (χ4n) is 0.872. The van der Waals surface area contributed by atoms with E-state index in [2.05, 4.69) is 15.3 Å². The van der Waals surface area contributed by atoms with Crippen molar-refractivity contribution in [3.05, 3.63) is 17.7 Å². The lowest BCUT2D eigenvalue weighted by Gasteiger charge is -2.04. The van der Waals surface area contributed by atoms with E-state index in [0.29, 0.717) is 12.6 Å². The van der Waals surface area contributed by atoms with Crippen molar-refractivity contribution in [2.75, 3.05) is 0 Å². The van der Waals surface area contributed by atoms with Crippen LogP contribution in [0, 0.1) is 0 Å². The normalized spacial score (nSPS) is 10.7. The number of carboxylic acid groups (broad SMARTS) is 1. The minimum Gasteiger partial charge on any atom is -0.475 e. The van der Waals surface area contributed by atoms with Gasteiger partial charge in [0.25, 0.3) is 0 Å². The number of carbonyl (C=O) groups is 1. The summed E-state index contributed by atoms with van der Waals surface area (Å²) in [5, 5.41) is 11.7. The second kappa shape index (κ2) is 4.04. The van der Waals surface area contributed by atoms with Crippen LogP contribution in [0.5, 0.6) is 0 Å². The van der Waals surface area contributed by atoms with Crippen molar-refractivity contribution in [2.45, 2.75) is 26.4 Å². The maximum Gasteiger partial charge on any atom is 0.371 e.